The highest BCUT2D eigenvalue weighted by atomic mass is 15.0. The summed E-state index contributed by atoms with van der Waals surface area (Å²) in [5.74, 6) is 0.675. The molecule has 0 amide bonds. The minimum absolute atomic E-state index is 0.675. The molecule has 0 fully saturated rings. The van der Waals surface area contributed by atoms with Gasteiger partial charge in [0.25, 0.3) is 0 Å². The number of fused-ring (bicyclic) bond motifs is 7. The minimum Gasteiger partial charge on any atom is -0.309 e. The van der Waals surface area contributed by atoms with Gasteiger partial charge < -0.3 is 4.57 Å². The van der Waals surface area contributed by atoms with Gasteiger partial charge in [0.05, 0.1) is 22.4 Å². The van der Waals surface area contributed by atoms with E-state index in [0.29, 0.717) is 5.82 Å². The second-order valence-corrected chi connectivity index (χ2v) is 17.3. The van der Waals surface area contributed by atoms with Crippen LogP contribution in [0, 0.1) is 0 Å². The molecule has 0 atom stereocenters. The molecule has 0 unspecified atom stereocenters. The zero-order valence-electron chi connectivity index (χ0n) is 36.5. The van der Waals surface area contributed by atoms with E-state index in [1.54, 1.807) is 0 Å². The average molecular weight is 852 g/mol. The molecule has 13 aromatic rings. The molecule has 0 saturated carbocycles. The lowest BCUT2D eigenvalue weighted by molar-refractivity contribution is 1.18. The van der Waals surface area contributed by atoms with Crippen LogP contribution in [-0.4, -0.2) is 14.5 Å². The van der Waals surface area contributed by atoms with Crippen LogP contribution in [0.25, 0.3) is 127 Å². The van der Waals surface area contributed by atoms with E-state index in [1.165, 1.54) is 59.7 Å². The molecule has 11 aromatic carbocycles. The Bertz CT molecular complexity index is 4020. The second kappa shape index (κ2) is 16.0. The van der Waals surface area contributed by atoms with Crippen LogP contribution in [0.3, 0.4) is 0 Å². The van der Waals surface area contributed by atoms with Gasteiger partial charge in [0, 0.05) is 33.2 Å². The first-order valence-electron chi connectivity index (χ1n) is 22.9. The van der Waals surface area contributed by atoms with Gasteiger partial charge in [-0.05, 0) is 114 Å². The van der Waals surface area contributed by atoms with Gasteiger partial charge in [-0.3, -0.25) is 0 Å². The summed E-state index contributed by atoms with van der Waals surface area (Å²) in [7, 11) is 0. The first-order chi connectivity index (χ1) is 33.2. The summed E-state index contributed by atoms with van der Waals surface area (Å²) in [4.78, 5) is 10.8. The van der Waals surface area contributed by atoms with Gasteiger partial charge in [0.2, 0.25) is 0 Å². The highest BCUT2D eigenvalue weighted by Gasteiger charge is 2.19. The van der Waals surface area contributed by atoms with E-state index < -0.39 is 0 Å². The maximum Gasteiger partial charge on any atom is 0.160 e. The standard InChI is InChI=1S/C64H41N3/c1-3-16-42(17-4-1)46-20-15-21-49(38-46)59-41-60(54-27-12-11-25-52(54)48-35-37-62-58(40-48)55-28-13-14-29-61(55)67(62)50-22-5-2-6-23-50)66-64(65-59)45-32-30-44(31-33-45)63-53-26-10-8-19-47(53)39-57-51-24-9-7-18-43(51)34-36-56(57)63/h1-41H. The van der Waals surface area contributed by atoms with Crippen LogP contribution in [0.15, 0.2) is 249 Å². The van der Waals surface area contributed by atoms with Crippen LogP contribution in [0.5, 0.6) is 0 Å². The molecule has 312 valence electrons. The number of para-hydroxylation sites is 2. The van der Waals surface area contributed by atoms with Crippen LogP contribution in [0.1, 0.15) is 0 Å². The van der Waals surface area contributed by atoms with Crippen LogP contribution < -0.4 is 0 Å². The third-order valence-corrected chi connectivity index (χ3v) is 13.4. The summed E-state index contributed by atoms with van der Waals surface area (Å²) in [6, 6.07) is 89.4. The van der Waals surface area contributed by atoms with Crippen molar-refractivity contribution in [3.8, 4) is 73.0 Å². The van der Waals surface area contributed by atoms with Crippen LogP contribution in [-0.2, 0) is 0 Å². The third kappa shape index (κ3) is 6.67. The van der Waals surface area contributed by atoms with Gasteiger partial charge in [0.15, 0.2) is 5.82 Å². The SMILES string of the molecule is c1ccc(-c2cccc(-c3cc(-c4ccccc4-c4ccc5c(c4)c4ccccc4n5-c4ccccc4)nc(-c4ccc(-c5c6ccccc6cc6c5ccc5ccccc56)cc4)n3)c2)cc1. The number of rotatable bonds is 7. The van der Waals surface area contributed by atoms with Gasteiger partial charge in [-0.1, -0.05) is 200 Å². The van der Waals surface area contributed by atoms with E-state index in [4.69, 9.17) is 9.97 Å². The fourth-order valence-electron chi connectivity index (χ4n) is 10.2. The second-order valence-electron chi connectivity index (χ2n) is 17.3. The number of benzene rings is 11. The van der Waals surface area contributed by atoms with E-state index in [2.05, 4.69) is 253 Å². The van der Waals surface area contributed by atoms with E-state index >= 15 is 0 Å². The van der Waals surface area contributed by atoms with E-state index in [1.807, 2.05) is 0 Å². The molecule has 0 radical (unpaired) electrons. The average Bonchev–Trinajstić information content (AvgIpc) is 3.74. The van der Waals surface area contributed by atoms with Crippen molar-refractivity contribution in [1.29, 1.82) is 0 Å². The third-order valence-electron chi connectivity index (χ3n) is 13.4. The molecular weight excluding hydrogens is 811 g/mol. The van der Waals surface area contributed by atoms with Gasteiger partial charge in [-0.15, -0.1) is 0 Å². The Morgan fingerprint density at radius 3 is 1.72 bits per heavy atom. The Morgan fingerprint density at radius 1 is 0.269 bits per heavy atom. The number of aromatic nitrogens is 3. The van der Waals surface area contributed by atoms with Crippen LogP contribution >= 0.6 is 0 Å². The van der Waals surface area contributed by atoms with Crippen LogP contribution in [0.4, 0.5) is 0 Å². The molecule has 2 aromatic heterocycles. The number of nitrogens with zero attached hydrogens (tertiary/aromatic N) is 3. The Hall–Kier alpha value is -8.92. The molecular formula is C64H41N3. The highest BCUT2D eigenvalue weighted by molar-refractivity contribution is 6.20. The molecule has 0 bridgehead atoms. The summed E-state index contributed by atoms with van der Waals surface area (Å²) in [5.41, 5.74) is 15.2. The largest absolute Gasteiger partial charge is 0.309 e. The smallest absolute Gasteiger partial charge is 0.160 e. The van der Waals surface area contributed by atoms with Crippen molar-refractivity contribution >= 4 is 54.1 Å². The lowest BCUT2D eigenvalue weighted by Crippen LogP contribution is -1.97. The summed E-state index contributed by atoms with van der Waals surface area (Å²) >= 11 is 0. The molecule has 0 spiro atoms. The zero-order valence-corrected chi connectivity index (χ0v) is 36.5. The van der Waals surface area contributed by atoms with Crippen molar-refractivity contribution in [2.24, 2.45) is 0 Å². The molecule has 2 heterocycles. The van der Waals surface area contributed by atoms with Crippen molar-refractivity contribution in [2.45, 2.75) is 0 Å². The fourth-order valence-corrected chi connectivity index (χ4v) is 10.2. The molecule has 0 saturated heterocycles. The maximum absolute atomic E-state index is 5.44. The molecule has 0 aliphatic carbocycles. The molecule has 3 heteroatoms. The lowest BCUT2D eigenvalue weighted by atomic mass is 9.89. The molecule has 67 heavy (non-hydrogen) atoms. The summed E-state index contributed by atoms with van der Waals surface area (Å²) in [6.45, 7) is 0. The summed E-state index contributed by atoms with van der Waals surface area (Å²) in [6.07, 6.45) is 0. The normalized spacial score (nSPS) is 11.6. The van der Waals surface area contributed by atoms with Gasteiger partial charge in [-0.25, -0.2) is 9.97 Å². The molecule has 0 N–H and O–H groups in total. The Kier molecular flexibility index (Phi) is 9.17. The topological polar surface area (TPSA) is 30.7 Å². The highest BCUT2D eigenvalue weighted by Crippen LogP contribution is 2.42. The minimum atomic E-state index is 0.675. The number of hydrogen-bond acceptors (Lipinski definition) is 2. The lowest BCUT2D eigenvalue weighted by Gasteiger charge is -2.15. The molecule has 0 aliphatic rings. The van der Waals surface area contributed by atoms with Gasteiger partial charge >= 0.3 is 0 Å². The van der Waals surface area contributed by atoms with Crippen molar-refractivity contribution in [3.63, 3.8) is 0 Å². The first-order valence-corrected chi connectivity index (χ1v) is 22.9. The van der Waals surface area contributed by atoms with Crippen molar-refractivity contribution in [3.05, 3.63) is 249 Å². The predicted octanol–water partition coefficient (Wildman–Crippen LogP) is 17.0. The first kappa shape index (κ1) is 38.5. The van der Waals surface area contributed by atoms with Crippen molar-refractivity contribution < 1.29 is 0 Å². The molecule has 3 nitrogen and oxygen atoms in total. The summed E-state index contributed by atoms with van der Waals surface area (Å²) < 4.78 is 2.36. The van der Waals surface area contributed by atoms with E-state index in [9.17, 15) is 0 Å². The van der Waals surface area contributed by atoms with Crippen molar-refractivity contribution in [1.82, 2.24) is 14.5 Å². The molecule has 13 rings (SSSR count). The Labute approximate surface area is 388 Å². The molecule has 0 aliphatic heterocycles. The van der Waals surface area contributed by atoms with Crippen LogP contribution in [0.2, 0.25) is 0 Å². The Morgan fingerprint density at radius 2 is 0.881 bits per heavy atom. The van der Waals surface area contributed by atoms with Gasteiger partial charge in [0.1, 0.15) is 0 Å². The zero-order chi connectivity index (χ0) is 44.3. The van der Waals surface area contributed by atoms with E-state index in [-0.39, 0.29) is 0 Å². The monoisotopic (exact) mass is 851 g/mol. The van der Waals surface area contributed by atoms with Gasteiger partial charge in [-0.2, -0.15) is 0 Å². The van der Waals surface area contributed by atoms with E-state index in [0.717, 1.165) is 61.6 Å². The predicted molar refractivity (Wildman–Crippen MR) is 282 cm³/mol. The Balaban J connectivity index is 0.975. The maximum atomic E-state index is 5.44. The quantitative estimate of drug-likeness (QED) is 0.118. The van der Waals surface area contributed by atoms with Crippen molar-refractivity contribution in [2.75, 3.05) is 0 Å². The summed E-state index contributed by atoms with van der Waals surface area (Å²) in [5, 5.41) is 9.89. The number of hydrogen-bond donors (Lipinski definition) is 0. The fraction of sp³-hybridized carbons (Fsp3) is 0.